The average molecular weight is 398 g/mol. The molecule has 1 nitrogen and oxygen atoms in total. The number of hydrogen-bond acceptors (Lipinski definition) is 1. The molecule has 0 radical (unpaired) electrons. The van der Waals surface area contributed by atoms with E-state index in [9.17, 15) is 0 Å². The second-order valence-corrected chi connectivity index (χ2v) is 8.27. The molecule has 0 spiro atoms. The van der Waals surface area contributed by atoms with Crippen LogP contribution in [0.3, 0.4) is 0 Å². The topological polar surface area (TPSA) is 12.4 Å². The standard InChI is InChI=1S/C30H23N/c1-2-13-23(14-3-1)31-20-22-10-4-5-15-24(22)30-27-17-7-6-16-25(27)26-18-8-11-21-12-9-19-28(30)29(21)26/h1-8,10-11,13-18,20H,9,12,19H2. The van der Waals surface area contributed by atoms with E-state index in [1.807, 2.05) is 36.5 Å². The summed E-state index contributed by atoms with van der Waals surface area (Å²) in [6.07, 6.45) is 5.51. The lowest BCUT2D eigenvalue weighted by Gasteiger charge is -2.24. The van der Waals surface area contributed by atoms with Crippen LogP contribution in [0.2, 0.25) is 0 Å². The van der Waals surface area contributed by atoms with Crippen LogP contribution in [0.4, 0.5) is 5.69 Å². The smallest absolute Gasteiger partial charge is 0.0629 e. The quantitative estimate of drug-likeness (QED) is 0.217. The Hall–Kier alpha value is -3.71. The molecule has 31 heavy (non-hydrogen) atoms. The van der Waals surface area contributed by atoms with Gasteiger partial charge in [-0.15, -0.1) is 0 Å². The Bertz CT molecular complexity index is 1440. The fourth-order valence-electron chi connectivity index (χ4n) is 5.12. The molecule has 0 saturated carbocycles. The maximum atomic E-state index is 4.77. The molecule has 0 saturated heterocycles. The van der Waals surface area contributed by atoms with E-state index in [0.29, 0.717) is 0 Å². The lowest BCUT2D eigenvalue weighted by atomic mass is 9.80. The summed E-state index contributed by atoms with van der Waals surface area (Å²) in [5.74, 6) is 0. The van der Waals surface area contributed by atoms with Gasteiger partial charge in [-0.3, -0.25) is 4.99 Å². The van der Waals surface area contributed by atoms with Crippen LogP contribution in [0.25, 0.3) is 32.7 Å². The Balaban J connectivity index is 1.66. The zero-order valence-electron chi connectivity index (χ0n) is 17.4. The number of aryl methyl sites for hydroxylation is 2. The SMILES string of the molecule is C(=Nc1ccccc1)c1ccccc1-c1c2c3c(cccc3c3ccccc13)CCC2. The van der Waals surface area contributed by atoms with Gasteiger partial charge in [0, 0.05) is 11.8 Å². The van der Waals surface area contributed by atoms with Gasteiger partial charge in [0.1, 0.15) is 0 Å². The minimum atomic E-state index is 0.976. The van der Waals surface area contributed by atoms with Crippen molar-refractivity contribution < 1.29 is 0 Å². The molecule has 5 aromatic rings. The molecular formula is C30H23N. The zero-order valence-corrected chi connectivity index (χ0v) is 17.4. The van der Waals surface area contributed by atoms with Crippen molar-refractivity contribution in [3.63, 3.8) is 0 Å². The minimum absolute atomic E-state index is 0.976. The minimum Gasteiger partial charge on any atom is -0.256 e. The van der Waals surface area contributed by atoms with Crippen molar-refractivity contribution in [3.8, 4) is 11.1 Å². The number of fused-ring (bicyclic) bond motifs is 2. The van der Waals surface area contributed by atoms with Gasteiger partial charge in [0.25, 0.3) is 0 Å². The summed E-state index contributed by atoms with van der Waals surface area (Å²) in [6, 6.07) is 34.6. The lowest BCUT2D eigenvalue weighted by molar-refractivity contribution is 0.810. The first-order valence-corrected chi connectivity index (χ1v) is 11.0. The van der Waals surface area contributed by atoms with Crippen LogP contribution >= 0.6 is 0 Å². The van der Waals surface area contributed by atoms with Crippen LogP contribution in [-0.2, 0) is 12.8 Å². The van der Waals surface area contributed by atoms with Gasteiger partial charge in [-0.25, -0.2) is 0 Å². The summed E-state index contributed by atoms with van der Waals surface area (Å²) in [5, 5.41) is 5.54. The van der Waals surface area contributed by atoms with Crippen LogP contribution in [-0.4, -0.2) is 6.21 Å². The number of aliphatic imine (C=N–C) groups is 1. The Morgan fingerprint density at radius 2 is 1.35 bits per heavy atom. The predicted molar refractivity (Wildman–Crippen MR) is 133 cm³/mol. The first kappa shape index (κ1) is 18.1. The Kier molecular flexibility index (Phi) is 4.39. The number of rotatable bonds is 3. The molecular weight excluding hydrogens is 374 g/mol. The highest BCUT2D eigenvalue weighted by Crippen LogP contribution is 2.43. The normalized spacial score (nSPS) is 13.3. The van der Waals surface area contributed by atoms with Gasteiger partial charge in [-0.2, -0.15) is 0 Å². The molecule has 0 fully saturated rings. The first-order valence-electron chi connectivity index (χ1n) is 11.0. The largest absolute Gasteiger partial charge is 0.256 e. The van der Waals surface area contributed by atoms with E-state index in [2.05, 4.69) is 66.7 Å². The van der Waals surface area contributed by atoms with Crippen molar-refractivity contribution in [1.82, 2.24) is 0 Å². The highest BCUT2D eigenvalue weighted by atomic mass is 14.7. The molecule has 0 atom stereocenters. The van der Waals surface area contributed by atoms with Crippen LogP contribution in [0, 0.1) is 0 Å². The van der Waals surface area contributed by atoms with E-state index in [0.717, 1.165) is 17.7 Å². The predicted octanol–water partition coefficient (Wildman–Crippen LogP) is 7.90. The highest BCUT2D eigenvalue weighted by molar-refractivity contribution is 6.18. The third-order valence-corrected chi connectivity index (χ3v) is 6.45. The molecule has 0 unspecified atom stereocenters. The first-order chi connectivity index (χ1) is 15.4. The molecule has 0 N–H and O–H groups in total. The maximum absolute atomic E-state index is 4.77. The molecule has 0 bridgehead atoms. The van der Waals surface area contributed by atoms with Crippen molar-refractivity contribution >= 4 is 33.4 Å². The van der Waals surface area contributed by atoms with Crippen LogP contribution in [0.1, 0.15) is 23.1 Å². The fourth-order valence-corrected chi connectivity index (χ4v) is 5.12. The van der Waals surface area contributed by atoms with E-state index in [1.54, 1.807) is 0 Å². The molecule has 1 aliphatic rings. The Labute approximate surface area is 182 Å². The maximum Gasteiger partial charge on any atom is 0.0629 e. The van der Waals surface area contributed by atoms with Crippen LogP contribution < -0.4 is 0 Å². The van der Waals surface area contributed by atoms with E-state index in [4.69, 9.17) is 4.99 Å². The molecule has 1 aliphatic carbocycles. The van der Waals surface area contributed by atoms with Gasteiger partial charge in [0.15, 0.2) is 0 Å². The van der Waals surface area contributed by atoms with Crippen molar-refractivity contribution in [2.45, 2.75) is 19.3 Å². The highest BCUT2D eigenvalue weighted by Gasteiger charge is 2.21. The molecule has 148 valence electrons. The molecule has 1 heteroatoms. The Morgan fingerprint density at radius 1 is 0.613 bits per heavy atom. The van der Waals surface area contributed by atoms with Gasteiger partial charge >= 0.3 is 0 Å². The number of nitrogens with zero attached hydrogens (tertiary/aromatic N) is 1. The molecule has 6 rings (SSSR count). The third-order valence-electron chi connectivity index (χ3n) is 6.45. The van der Waals surface area contributed by atoms with E-state index >= 15 is 0 Å². The summed E-state index contributed by atoms with van der Waals surface area (Å²) in [6.45, 7) is 0. The molecule has 0 amide bonds. The fraction of sp³-hybridized carbons (Fsp3) is 0.100. The second kappa shape index (κ2) is 7.52. The summed E-state index contributed by atoms with van der Waals surface area (Å²) in [4.78, 5) is 4.77. The van der Waals surface area contributed by atoms with Gasteiger partial charge < -0.3 is 0 Å². The molecule has 0 aliphatic heterocycles. The zero-order chi connectivity index (χ0) is 20.6. The number of benzene rings is 5. The lowest BCUT2D eigenvalue weighted by Crippen LogP contribution is -2.05. The van der Waals surface area contributed by atoms with E-state index in [1.165, 1.54) is 56.6 Å². The summed E-state index contributed by atoms with van der Waals surface area (Å²) < 4.78 is 0. The van der Waals surface area contributed by atoms with Gasteiger partial charge in [0.05, 0.1) is 5.69 Å². The number of hydrogen-bond donors (Lipinski definition) is 0. The van der Waals surface area contributed by atoms with Gasteiger partial charge in [-0.05, 0) is 75.2 Å². The summed E-state index contributed by atoms with van der Waals surface area (Å²) >= 11 is 0. The van der Waals surface area contributed by atoms with E-state index in [-0.39, 0.29) is 0 Å². The summed E-state index contributed by atoms with van der Waals surface area (Å²) in [7, 11) is 0. The second-order valence-electron chi connectivity index (χ2n) is 8.27. The molecule has 0 aromatic heterocycles. The van der Waals surface area contributed by atoms with Gasteiger partial charge in [0.2, 0.25) is 0 Å². The van der Waals surface area contributed by atoms with Crippen LogP contribution in [0.5, 0.6) is 0 Å². The van der Waals surface area contributed by atoms with Crippen molar-refractivity contribution in [2.24, 2.45) is 4.99 Å². The Morgan fingerprint density at radius 3 is 2.26 bits per heavy atom. The molecule has 0 heterocycles. The monoisotopic (exact) mass is 397 g/mol. The van der Waals surface area contributed by atoms with E-state index < -0.39 is 0 Å². The van der Waals surface area contributed by atoms with Crippen molar-refractivity contribution in [1.29, 1.82) is 0 Å². The summed E-state index contributed by atoms with van der Waals surface area (Å²) in [5.41, 5.74) is 7.77. The average Bonchev–Trinajstić information content (AvgIpc) is 2.84. The number of para-hydroxylation sites is 1. The van der Waals surface area contributed by atoms with Crippen molar-refractivity contribution in [2.75, 3.05) is 0 Å². The van der Waals surface area contributed by atoms with Crippen molar-refractivity contribution in [3.05, 3.63) is 114 Å². The molecule has 5 aromatic carbocycles. The van der Waals surface area contributed by atoms with Crippen LogP contribution in [0.15, 0.2) is 102 Å². The third kappa shape index (κ3) is 3.05. The van der Waals surface area contributed by atoms with Gasteiger partial charge in [-0.1, -0.05) is 84.9 Å².